The summed E-state index contributed by atoms with van der Waals surface area (Å²) in [6.45, 7) is 1.79. The number of hydrogen-bond donors (Lipinski definition) is 3. The third-order valence-electron chi connectivity index (χ3n) is 7.42. The van der Waals surface area contributed by atoms with E-state index in [1.807, 2.05) is 42.0 Å². The van der Waals surface area contributed by atoms with Crippen LogP contribution in [0.4, 0.5) is 73.5 Å². The van der Waals surface area contributed by atoms with Gasteiger partial charge in [0, 0.05) is 48.7 Å². The number of ketones is 2. The number of anilines is 6. The van der Waals surface area contributed by atoms with Crippen molar-refractivity contribution in [2.75, 3.05) is 33.9 Å². The van der Waals surface area contributed by atoms with Crippen LogP contribution in [0.25, 0.3) is 0 Å². The average molecular weight is 825 g/mol. The summed E-state index contributed by atoms with van der Waals surface area (Å²) in [4.78, 5) is 60.8. The lowest BCUT2D eigenvalue weighted by Gasteiger charge is -2.16. The number of halogens is 10. The zero-order valence-corrected chi connectivity index (χ0v) is 29.2. The lowest BCUT2D eigenvalue weighted by molar-refractivity contribution is -0.193. The molecule has 12 nitrogen and oxygen atoms in total. The van der Waals surface area contributed by atoms with Crippen LogP contribution in [0.15, 0.2) is 54.4 Å². The van der Waals surface area contributed by atoms with Crippen LogP contribution in [0.2, 0.25) is 5.02 Å². The largest absolute Gasteiger partial charge is 0.458 e. The number of Topliss-reactive ketones (excluding diaryl/α,β-unsaturated/α-hetero) is 2. The van der Waals surface area contributed by atoms with Crippen LogP contribution in [0.1, 0.15) is 24.0 Å². The third kappa shape index (κ3) is 12.9. The van der Waals surface area contributed by atoms with Gasteiger partial charge in [0.25, 0.3) is 0 Å². The fourth-order valence-electron chi connectivity index (χ4n) is 5.02. The Bertz CT molecular complexity index is 1970. The second kappa shape index (κ2) is 17.8. The number of benzene rings is 1. The molecule has 0 spiro atoms. The van der Waals surface area contributed by atoms with Crippen molar-refractivity contribution in [3.8, 4) is 0 Å². The predicted octanol–water partition coefficient (Wildman–Crippen LogP) is 7.42. The standard InChI is InChI=1S/C26H25ClN8OS.C4F6O2.C2HF3O/c27-21-14-30-25-32-20-9-16(12-28-13-20)1-2-18-11-19(31-24(21)34-25)3-4-22(18)33-23(36)10-17-5-7-35(15-17)26-29-6-8-37-26;5-3(6,7)1(11)2(12)4(8,9)10;3-2(4,5)1-6/h3-4,6,8-9,11-14,17H,1-2,5,7,10,15H2,(H,33,36)(H2,30,31,32,34);;1H. The number of amides is 1. The zero-order valence-electron chi connectivity index (χ0n) is 27.7. The molecule has 1 fully saturated rings. The average Bonchev–Trinajstić information content (AvgIpc) is 3.81. The maximum absolute atomic E-state index is 13.0. The number of thiazole rings is 1. The quantitative estimate of drug-likeness (QED) is 0.105. The topological polar surface area (TPSA) is 159 Å². The Balaban J connectivity index is 0.000000312. The van der Waals surface area contributed by atoms with Gasteiger partial charge in [-0.05, 0) is 60.6 Å². The number of aryl methyl sites for hydroxylation is 2. The number of aromatic nitrogens is 4. The van der Waals surface area contributed by atoms with E-state index in [1.165, 1.54) is 0 Å². The van der Waals surface area contributed by atoms with Crippen LogP contribution in [-0.4, -0.2) is 75.3 Å². The van der Waals surface area contributed by atoms with Gasteiger partial charge in [-0.3, -0.25) is 24.2 Å². The van der Waals surface area contributed by atoms with E-state index in [0.717, 1.165) is 65.7 Å². The molecule has 294 valence electrons. The lowest BCUT2D eigenvalue weighted by Crippen LogP contribution is -2.39. The lowest BCUT2D eigenvalue weighted by atomic mass is 10.0. The summed E-state index contributed by atoms with van der Waals surface area (Å²) in [5.41, 5.74) is 4.54. The van der Waals surface area contributed by atoms with Gasteiger partial charge in [-0.1, -0.05) is 11.6 Å². The number of fused-ring (bicyclic) bond motifs is 6. The van der Waals surface area contributed by atoms with Gasteiger partial charge in [-0.15, -0.1) is 11.3 Å². The Morgan fingerprint density at radius 2 is 1.62 bits per heavy atom. The van der Waals surface area contributed by atoms with Crippen LogP contribution in [0.3, 0.4) is 0 Å². The van der Waals surface area contributed by atoms with Gasteiger partial charge < -0.3 is 20.9 Å². The van der Waals surface area contributed by atoms with E-state index in [0.29, 0.717) is 29.1 Å². The molecule has 3 aromatic heterocycles. The monoisotopic (exact) mass is 824 g/mol. The van der Waals surface area contributed by atoms with E-state index < -0.39 is 36.4 Å². The molecule has 3 N–H and O–H groups in total. The molecule has 0 radical (unpaired) electrons. The number of aldehydes is 1. The van der Waals surface area contributed by atoms with Crippen molar-refractivity contribution in [3.63, 3.8) is 0 Å². The van der Waals surface area contributed by atoms with E-state index in [2.05, 4.69) is 40.8 Å². The maximum atomic E-state index is 13.0. The number of alkyl halides is 9. The molecule has 1 unspecified atom stereocenters. The van der Waals surface area contributed by atoms with E-state index in [1.54, 1.807) is 23.7 Å². The molecule has 4 aromatic rings. The van der Waals surface area contributed by atoms with Gasteiger partial charge in [0.15, 0.2) is 10.9 Å². The SMILES string of the molecule is O=C(C(=O)C(F)(F)F)C(F)(F)F.O=C(CC1CCN(c2nccs2)C1)Nc1ccc2cc1CCc1cncc(c1)Nc1ncc(Cl)c(n1)N2.O=CC(F)(F)F. The van der Waals surface area contributed by atoms with E-state index in [4.69, 9.17) is 16.4 Å². The number of hydrogen-bond acceptors (Lipinski definition) is 12. The molecular formula is C32H26ClF9N8O4S. The Morgan fingerprint density at radius 3 is 2.24 bits per heavy atom. The Morgan fingerprint density at radius 1 is 0.927 bits per heavy atom. The van der Waals surface area contributed by atoms with Gasteiger partial charge in [-0.2, -0.15) is 44.5 Å². The Labute approximate surface area is 313 Å². The first kappa shape index (κ1) is 42.4. The highest BCUT2D eigenvalue weighted by atomic mass is 35.5. The van der Waals surface area contributed by atoms with Crippen LogP contribution in [0.5, 0.6) is 0 Å². The van der Waals surface area contributed by atoms with Crippen molar-refractivity contribution in [2.45, 2.75) is 44.2 Å². The first-order valence-corrected chi connectivity index (χ1v) is 16.8. The molecule has 2 aliphatic rings. The first-order chi connectivity index (χ1) is 25.7. The first-order valence-electron chi connectivity index (χ1n) is 15.5. The van der Waals surface area contributed by atoms with Gasteiger partial charge >= 0.3 is 30.1 Å². The molecule has 1 amide bonds. The smallest absolute Gasteiger partial charge is 0.348 e. The minimum absolute atomic E-state index is 0.0298. The highest BCUT2D eigenvalue weighted by molar-refractivity contribution is 7.13. The van der Waals surface area contributed by atoms with Crippen LogP contribution < -0.4 is 20.9 Å². The highest BCUT2D eigenvalue weighted by Gasteiger charge is 2.54. The normalized spacial score (nSPS) is 15.2. The van der Waals surface area contributed by atoms with Gasteiger partial charge in [0.05, 0.1) is 18.1 Å². The van der Waals surface area contributed by atoms with Crippen LogP contribution >= 0.6 is 22.9 Å². The predicted molar refractivity (Wildman–Crippen MR) is 182 cm³/mol. The molecule has 0 aliphatic carbocycles. The number of carbonyl (C=O) groups excluding carboxylic acids is 4. The molecule has 6 bridgehead atoms. The minimum Gasteiger partial charge on any atom is -0.348 e. The summed E-state index contributed by atoms with van der Waals surface area (Å²) >= 11 is 8.01. The summed E-state index contributed by atoms with van der Waals surface area (Å²) < 4.78 is 98.2. The fraction of sp³-hybridized carbons (Fsp3) is 0.312. The van der Waals surface area contributed by atoms with Crippen molar-refractivity contribution in [2.24, 2.45) is 5.92 Å². The summed E-state index contributed by atoms with van der Waals surface area (Å²) in [6.07, 6.45) is -7.30. The molecule has 5 heterocycles. The number of rotatable bonds is 5. The fourth-order valence-corrected chi connectivity index (χ4v) is 5.84. The molecule has 6 rings (SSSR count). The molecule has 23 heteroatoms. The van der Waals surface area contributed by atoms with Gasteiger partial charge in [0.1, 0.15) is 5.02 Å². The van der Waals surface area contributed by atoms with Crippen LogP contribution in [-0.2, 0) is 32.0 Å². The Kier molecular flexibility index (Phi) is 13.7. The zero-order chi connectivity index (χ0) is 40.6. The summed E-state index contributed by atoms with van der Waals surface area (Å²) in [5, 5.41) is 13.1. The van der Waals surface area contributed by atoms with Gasteiger partial charge in [0.2, 0.25) is 18.1 Å². The van der Waals surface area contributed by atoms with Crippen molar-refractivity contribution >= 4 is 80.7 Å². The number of nitrogens with zero attached hydrogens (tertiary/aromatic N) is 5. The summed E-state index contributed by atoms with van der Waals surface area (Å²) in [7, 11) is 0. The van der Waals surface area contributed by atoms with Crippen molar-refractivity contribution in [3.05, 3.63) is 70.6 Å². The van der Waals surface area contributed by atoms with E-state index in [9.17, 15) is 53.9 Å². The second-order valence-corrected chi connectivity index (χ2v) is 12.9. The van der Waals surface area contributed by atoms with Gasteiger partial charge in [-0.25, -0.2) is 9.97 Å². The number of pyridine rings is 1. The van der Waals surface area contributed by atoms with Crippen molar-refractivity contribution < 1.29 is 58.7 Å². The molecular weight excluding hydrogens is 799 g/mol. The van der Waals surface area contributed by atoms with E-state index >= 15 is 0 Å². The molecule has 0 saturated carbocycles. The number of nitrogens with one attached hydrogen (secondary N) is 3. The molecule has 2 aliphatic heterocycles. The van der Waals surface area contributed by atoms with Crippen LogP contribution in [0, 0.1) is 5.92 Å². The molecule has 1 saturated heterocycles. The second-order valence-electron chi connectivity index (χ2n) is 11.6. The van der Waals surface area contributed by atoms with E-state index in [-0.39, 0.29) is 5.91 Å². The summed E-state index contributed by atoms with van der Waals surface area (Å²) in [5.74, 6) is -5.55. The minimum atomic E-state index is -5.77. The van der Waals surface area contributed by atoms with Crippen molar-refractivity contribution in [1.82, 2.24) is 19.9 Å². The highest BCUT2D eigenvalue weighted by Crippen LogP contribution is 2.31. The molecule has 1 atom stereocenters. The maximum Gasteiger partial charge on any atom is 0.458 e. The molecule has 1 aromatic carbocycles. The number of carbonyl (C=O) groups is 4. The molecule has 55 heavy (non-hydrogen) atoms. The Hall–Kier alpha value is -5.38. The summed E-state index contributed by atoms with van der Waals surface area (Å²) in [6, 6.07) is 7.93. The van der Waals surface area contributed by atoms with Crippen molar-refractivity contribution in [1.29, 1.82) is 0 Å². The third-order valence-corrected chi connectivity index (χ3v) is 8.53.